The van der Waals surface area contributed by atoms with Crippen LogP contribution in [0.5, 0.6) is 0 Å². The first-order valence-electron chi connectivity index (χ1n) is 7.29. The summed E-state index contributed by atoms with van der Waals surface area (Å²) in [7, 11) is 0. The standard InChI is InChI=1S/C15H15ClN4O4/c1-9-13(14(21)19-5-6-24-8-12(19)15(22)23)17-18-20(9)11-4-2-3-10(16)7-11/h2-4,7,12H,5-6,8H2,1H3,(H,22,23)/t12-/m1/s1. The van der Waals surface area contributed by atoms with E-state index >= 15 is 0 Å². The molecule has 3 rings (SSSR count). The number of aliphatic carboxylic acids is 1. The minimum absolute atomic E-state index is 0.0391. The van der Waals surface area contributed by atoms with Crippen LogP contribution in [0.25, 0.3) is 5.69 Å². The highest BCUT2D eigenvalue weighted by Crippen LogP contribution is 2.19. The van der Waals surface area contributed by atoms with Crippen LogP contribution >= 0.6 is 11.6 Å². The molecule has 0 spiro atoms. The predicted octanol–water partition coefficient (Wildman–Crippen LogP) is 1.15. The van der Waals surface area contributed by atoms with Gasteiger partial charge in [0.1, 0.15) is 0 Å². The summed E-state index contributed by atoms with van der Waals surface area (Å²) in [5.41, 5.74) is 1.30. The first kappa shape index (κ1) is 16.4. The van der Waals surface area contributed by atoms with Crippen molar-refractivity contribution in [3.05, 3.63) is 40.7 Å². The predicted molar refractivity (Wildman–Crippen MR) is 84.4 cm³/mol. The molecule has 2 aromatic rings. The molecular formula is C15H15ClN4O4. The van der Waals surface area contributed by atoms with Gasteiger partial charge in [-0.25, -0.2) is 9.48 Å². The first-order valence-corrected chi connectivity index (χ1v) is 7.66. The molecule has 0 saturated carbocycles. The van der Waals surface area contributed by atoms with Gasteiger partial charge in [-0.1, -0.05) is 22.9 Å². The topological polar surface area (TPSA) is 97.6 Å². The van der Waals surface area contributed by atoms with E-state index in [2.05, 4.69) is 10.3 Å². The van der Waals surface area contributed by atoms with E-state index in [4.69, 9.17) is 16.3 Å². The molecule has 1 fully saturated rings. The number of morpholine rings is 1. The number of nitrogens with zero attached hydrogens (tertiary/aromatic N) is 4. The first-order chi connectivity index (χ1) is 11.5. The van der Waals surface area contributed by atoms with Gasteiger partial charge in [0.2, 0.25) is 0 Å². The number of halogens is 1. The highest BCUT2D eigenvalue weighted by molar-refractivity contribution is 6.30. The largest absolute Gasteiger partial charge is 0.480 e. The lowest BCUT2D eigenvalue weighted by Gasteiger charge is -2.32. The molecule has 1 saturated heterocycles. The number of carboxylic acids is 1. The van der Waals surface area contributed by atoms with E-state index in [9.17, 15) is 14.7 Å². The Balaban J connectivity index is 1.92. The lowest BCUT2D eigenvalue weighted by atomic mass is 10.2. The summed E-state index contributed by atoms with van der Waals surface area (Å²) < 4.78 is 6.64. The van der Waals surface area contributed by atoms with E-state index in [1.807, 2.05) is 0 Å². The van der Waals surface area contributed by atoms with Crippen LogP contribution in [0.4, 0.5) is 0 Å². The summed E-state index contributed by atoms with van der Waals surface area (Å²) in [5.74, 6) is -1.58. The number of hydrogen-bond donors (Lipinski definition) is 1. The fraction of sp³-hybridized carbons (Fsp3) is 0.333. The van der Waals surface area contributed by atoms with Crippen molar-refractivity contribution in [1.82, 2.24) is 19.9 Å². The molecule has 1 aromatic carbocycles. The Morgan fingerprint density at radius 3 is 2.92 bits per heavy atom. The molecule has 0 bridgehead atoms. The third kappa shape index (κ3) is 2.98. The molecule has 9 heteroatoms. The van der Waals surface area contributed by atoms with E-state index in [0.29, 0.717) is 16.4 Å². The molecule has 24 heavy (non-hydrogen) atoms. The second-order valence-electron chi connectivity index (χ2n) is 5.34. The van der Waals surface area contributed by atoms with E-state index in [-0.39, 0.29) is 25.5 Å². The maximum atomic E-state index is 12.7. The molecule has 1 aliphatic heterocycles. The summed E-state index contributed by atoms with van der Waals surface area (Å²) in [6.45, 7) is 2.14. The smallest absolute Gasteiger partial charge is 0.328 e. The van der Waals surface area contributed by atoms with Crippen molar-refractivity contribution in [2.24, 2.45) is 0 Å². The van der Waals surface area contributed by atoms with Crippen molar-refractivity contribution in [1.29, 1.82) is 0 Å². The highest BCUT2D eigenvalue weighted by atomic mass is 35.5. The Morgan fingerprint density at radius 2 is 2.21 bits per heavy atom. The van der Waals surface area contributed by atoms with E-state index < -0.39 is 17.9 Å². The van der Waals surface area contributed by atoms with Gasteiger partial charge in [-0.2, -0.15) is 0 Å². The molecule has 1 amide bonds. The van der Waals surface area contributed by atoms with Crippen LogP contribution in [0, 0.1) is 6.92 Å². The number of hydrogen-bond acceptors (Lipinski definition) is 5. The van der Waals surface area contributed by atoms with Gasteiger partial charge >= 0.3 is 5.97 Å². The Labute approximate surface area is 142 Å². The van der Waals surface area contributed by atoms with Crippen molar-refractivity contribution < 1.29 is 19.4 Å². The molecule has 126 valence electrons. The second-order valence-corrected chi connectivity index (χ2v) is 5.78. The molecule has 0 radical (unpaired) electrons. The van der Waals surface area contributed by atoms with Crippen molar-refractivity contribution in [3.63, 3.8) is 0 Å². The lowest BCUT2D eigenvalue weighted by molar-refractivity contribution is -0.147. The van der Waals surface area contributed by atoms with Gasteiger partial charge in [0.25, 0.3) is 5.91 Å². The van der Waals surface area contributed by atoms with Crippen molar-refractivity contribution in [2.75, 3.05) is 19.8 Å². The van der Waals surface area contributed by atoms with Crippen LogP contribution in [0.3, 0.4) is 0 Å². The highest BCUT2D eigenvalue weighted by Gasteiger charge is 2.35. The summed E-state index contributed by atoms with van der Waals surface area (Å²) in [6, 6.07) is 5.96. The van der Waals surface area contributed by atoms with Crippen LogP contribution in [0.1, 0.15) is 16.2 Å². The Morgan fingerprint density at radius 1 is 1.42 bits per heavy atom. The molecule has 0 aliphatic carbocycles. The van der Waals surface area contributed by atoms with Crippen LogP contribution in [0.15, 0.2) is 24.3 Å². The van der Waals surface area contributed by atoms with Gasteiger partial charge < -0.3 is 14.7 Å². The SMILES string of the molecule is Cc1c(C(=O)N2CCOC[C@@H]2C(=O)O)nnn1-c1cccc(Cl)c1. The van der Waals surface area contributed by atoms with Gasteiger partial charge in [0.15, 0.2) is 11.7 Å². The normalized spacial score (nSPS) is 17.8. The zero-order chi connectivity index (χ0) is 17.3. The molecule has 8 nitrogen and oxygen atoms in total. The summed E-state index contributed by atoms with van der Waals surface area (Å²) in [4.78, 5) is 25.3. The molecule has 2 heterocycles. The van der Waals surface area contributed by atoms with Gasteiger partial charge in [-0.15, -0.1) is 5.10 Å². The van der Waals surface area contributed by atoms with Crippen molar-refractivity contribution in [2.45, 2.75) is 13.0 Å². The summed E-state index contributed by atoms with van der Waals surface area (Å²) in [6.07, 6.45) is 0. The van der Waals surface area contributed by atoms with E-state index in [0.717, 1.165) is 0 Å². The monoisotopic (exact) mass is 350 g/mol. The quantitative estimate of drug-likeness (QED) is 0.892. The number of benzene rings is 1. The third-order valence-electron chi connectivity index (χ3n) is 3.82. The zero-order valence-corrected chi connectivity index (χ0v) is 13.6. The fourth-order valence-electron chi connectivity index (χ4n) is 2.57. The molecule has 1 N–H and O–H groups in total. The summed E-state index contributed by atoms with van der Waals surface area (Å²) in [5, 5.41) is 17.7. The average Bonchev–Trinajstić information content (AvgIpc) is 2.95. The minimum atomic E-state index is -1.11. The Hall–Kier alpha value is -2.45. The minimum Gasteiger partial charge on any atom is -0.480 e. The van der Waals surface area contributed by atoms with Gasteiger partial charge in [0.05, 0.1) is 24.6 Å². The average molecular weight is 351 g/mol. The number of rotatable bonds is 3. The lowest BCUT2D eigenvalue weighted by Crippen LogP contribution is -2.52. The number of ether oxygens (including phenoxy) is 1. The maximum absolute atomic E-state index is 12.7. The number of carbonyl (C=O) groups is 2. The number of carboxylic acid groups (broad SMARTS) is 1. The van der Waals surface area contributed by atoms with Crippen LogP contribution in [0.2, 0.25) is 5.02 Å². The molecule has 0 unspecified atom stereocenters. The number of amides is 1. The Kier molecular flexibility index (Phi) is 4.50. The summed E-state index contributed by atoms with van der Waals surface area (Å²) >= 11 is 5.98. The third-order valence-corrected chi connectivity index (χ3v) is 4.06. The van der Waals surface area contributed by atoms with Crippen molar-refractivity contribution >= 4 is 23.5 Å². The van der Waals surface area contributed by atoms with Crippen molar-refractivity contribution in [3.8, 4) is 5.69 Å². The second kappa shape index (κ2) is 6.58. The molecule has 1 atom stereocenters. The Bertz CT molecular complexity index is 792. The number of carbonyl (C=O) groups excluding carboxylic acids is 1. The van der Waals surface area contributed by atoms with E-state index in [1.54, 1.807) is 31.2 Å². The van der Waals surface area contributed by atoms with Gasteiger partial charge in [0, 0.05) is 11.6 Å². The number of aromatic nitrogens is 3. The van der Waals surface area contributed by atoms with Gasteiger partial charge in [-0.3, -0.25) is 4.79 Å². The maximum Gasteiger partial charge on any atom is 0.328 e. The van der Waals surface area contributed by atoms with Crippen LogP contribution in [-0.2, 0) is 9.53 Å². The fourth-order valence-corrected chi connectivity index (χ4v) is 2.75. The van der Waals surface area contributed by atoms with Crippen LogP contribution in [-0.4, -0.2) is 62.7 Å². The van der Waals surface area contributed by atoms with Crippen LogP contribution < -0.4 is 0 Å². The molecule has 1 aliphatic rings. The van der Waals surface area contributed by atoms with E-state index in [1.165, 1.54) is 9.58 Å². The molecular weight excluding hydrogens is 336 g/mol. The zero-order valence-electron chi connectivity index (χ0n) is 12.8. The molecule has 1 aromatic heterocycles. The van der Waals surface area contributed by atoms with Gasteiger partial charge in [-0.05, 0) is 25.1 Å².